The van der Waals surface area contributed by atoms with E-state index in [2.05, 4.69) is 26.1 Å². The number of rotatable bonds is 3. The van der Waals surface area contributed by atoms with Crippen LogP contribution in [0, 0.1) is 11.8 Å². The number of nitrogens with one attached hydrogen (secondary N) is 1. The van der Waals surface area contributed by atoms with Gasteiger partial charge < -0.3 is 15.2 Å². The van der Waals surface area contributed by atoms with E-state index in [0.717, 1.165) is 19.3 Å². The Hall–Kier alpha value is -1.71. The maximum atomic E-state index is 12.2. The molecule has 1 aromatic carbocycles. The smallest absolute Gasteiger partial charge is 0.413 e. The van der Waals surface area contributed by atoms with Gasteiger partial charge in [-0.2, -0.15) is 0 Å². The molecule has 0 saturated heterocycles. The van der Waals surface area contributed by atoms with Crippen molar-refractivity contribution in [3.63, 3.8) is 0 Å². The molecule has 0 heterocycles. The van der Waals surface area contributed by atoms with Crippen LogP contribution < -0.4 is 10.1 Å². The van der Waals surface area contributed by atoms with Crippen LogP contribution in [0.3, 0.4) is 0 Å². The number of carbonyl (C=O) groups excluding carboxylic acids is 1. The lowest BCUT2D eigenvalue weighted by atomic mass is 9.69. The summed E-state index contributed by atoms with van der Waals surface area (Å²) in [5.41, 5.74) is -0.242. The lowest BCUT2D eigenvalue weighted by Crippen LogP contribution is -2.55. The number of phenols is 1. The van der Waals surface area contributed by atoms with Gasteiger partial charge in [0.2, 0.25) is 0 Å². The predicted molar refractivity (Wildman–Crippen MR) is 82.5 cm³/mol. The first-order valence-electron chi connectivity index (χ1n) is 7.70. The second kappa shape index (κ2) is 6.37. The maximum absolute atomic E-state index is 12.2. The summed E-state index contributed by atoms with van der Waals surface area (Å²) >= 11 is 0. The van der Waals surface area contributed by atoms with Crippen molar-refractivity contribution >= 4 is 6.09 Å². The Bertz CT molecular complexity index is 501. The van der Waals surface area contributed by atoms with Gasteiger partial charge in [-0.25, -0.2) is 4.79 Å². The molecule has 0 bridgehead atoms. The van der Waals surface area contributed by atoms with Crippen LogP contribution >= 0.6 is 0 Å². The van der Waals surface area contributed by atoms with Gasteiger partial charge in [0, 0.05) is 5.54 Å². The number of benzene rings is 1. The summed E-state index contributed by atoms with van der Waals surface area (Å²) in [7, 11) is 0. The van der Waals surface area contributed by atoms with Crippen LogP contribution in [0.25, 0.3) is 0 Å². The first-order valence-corrected chi connectivity index (χ1v) is 7.70. The Morgan fingerprint density at radius 1 is 1.38 bits per heavy atom. The second-order valence-electron chi connectivity index (χ2n) is 6.50. The molecule has 4 nitrogen and oxygen atoms in total. The molecule has 116 valence electrons. The molecule has 0 aliphatic heterocycles. The summed E-state index contributed by atoms with van der Waals surface area (Å²) in [5, 5.41) is 12.7. The first-order chi connectivity index (χ1) is 9.92. The highest BCUT2D eigenvalue weighted by Crippen LogP contribution is 2.38. The predicted octanol–water partition coefficient (Wildman–Crippen LogP) is 4.09. The maximum Gasteiger partial charge on any atom is 0.413 e. The molecule has 0 spiro atoms. The Balaban J connectivity index is 2.05. The van der Waals surface area contributed by atoms with Crippen molar-refractivity contribution in [1.29, 1.82) is 0 Å². The molecule has 0 radical (unpaired) electrons. The van der Waals surface area contributed by atoms with Crippen molar-refractivity contribution < 1.29 is 14.6 Å². The molecule has 2 rings (SSSR count). The third kappa shape index (κ3) is 3.69. The lowest BCUT2D eigenvalue weighted by Gasteiger charge is -2.44. The highest BCUT2D eigenvalue weighted by Gasteiger charge is 2.39. The average Bonchev–Trinajstić information content (AvgIpc) is 2.41. The van der Waals surface area contributed by atoms with Gasteiger partial charge in [0.05, 0.1) is 0 Å². The number of phenolic OH excluding ortho intramolecular Hbond substituents is 1. The zero-order chi connectivity index (χ0) is 15.5. The zero-order valence-corrected chi connectivity index (χ0v) is 13.1. The van der Waals surface area contributed by atoms with Crippen molar-refractivity contribution in [3.05, 3.63) is 24.3 Å². The molecule has 0 aromatic heterocycles. The van der Waals surface area contributed by atoms with E-state index in [-0.39, 0.29) is 17.0 Å². The summed E-state index contributed by atoms with van der Waals surface area (Å²) in [5.74, 6) is 1.13. The normalized spacial score (nSPS) is 25.6. The molecule has 4 heteroatoms. The third-order valence-corrected chi connectivity index (χ3v) is 4.54. The molecule has 1 aliphatic rings. The molecule has 1 aliphatic carbocycles. The van der Waals surface area contributed by atoms with Gasteiger partial charge in [0.1, 0.15) is 0 Å². The number of hydrogen-bond donors (Lipinski definition) is 2. The van der Waals surface area contributed by atoms with Crippen LogP contribution in [-0.4, -0.2) is 16.7 Å². The monoisotopic (exact) mass is 291 g/mol. The molecular formula is C17H25NO3. The number of aromatic hydroxyl groups is 1. The Morgan fingerprint density at radius 2 is 2.10 bits per heavy atom. The number of amides is 1. The number of hydrogen-bond acceptors (Lipinski definition) is 3. The third-order valence-electron chi connectivity index (χ3n) is 4.54. The number of ether oxygens (including phenoxy) is 1. The molecule has 1 amide bonds. The minimum atomic E-state index is -0.494. The Labute approximate surface area is 126 Å². The van der Waals surface area contributed by atoms with Gasteiger partial charge in [-0.05, 0) is 43.7 Å². The fraction of sp³-hybridized carbons (Fsp3) is 0.588. The van der Waals surface area contributed by atoms with E-state index in [1.807, 2.05) is 0 Å². The van der Waals surface area contributed by atoms with Gasteiger partial charge in [0.25, 0.3) is 0 Å². The molecule has 2 atom stereocenters. The van der Waals surface area contributed by atoms with Crippen molar-refractivity contribution in [2.24, 2.45) is 11.8 Å². The molecule has 2 N–H and O–H groups in total. The van der Waals surface area contributed by atoms with Gasteiger partial charge >= 0.3 is 6.09 Å². The number of carbonyl (C=O) groups is 1. The van der Waals surface area contributed by atoms with Gasteiger partial charge in [-0.3, -0.25) is 0 Å². The topological polar surface area (TPSA) is 58.6 Å². The van der Waals surface area contributed by atoms with Gasteiger partial charge in [-0.15, -0.1) is 0 Å². The van der Waals surface area contributed by atoms with Crippen LogP contribution in [0.4, 0.5) is 4.79 Å². The van der Waals surface area contributed by atoms with Crippen molar-refractivity contribution in [1.82, 2.24) is 5.32 Å². The van der Waals surface area contributed by atoms with E-state index in [4.69, 9.17) is 4.74 Å². The molecular weight excluding hydrogens is 266 g/mol. The van der Waals surface area contributed by atoms with Crippen molar-refractivity contribution in [3.8, 4) is 11.5 Å². The minimum Gasteiger partial charge on any atom is -0.504 e. The summed E-state index contributed by atoms with van der Waals surface area (Å²) in [6.45, 7) is 6.50. The highest BCUT2D eigenvalue weighted by atomic mass is 16.6. The Kier molecular flexibility index (Phi) is 4.76. The Morgan fingerprint density at radius 3 is 2.76 bits per heavy atom. The highest BCUT2D eigenvalue weighted by molar-refractivity contribution is 5.72. The van der Waals surface area contributed by atoms with Crippen LogP contribution in [-0.2, 0) is 0 Å². The van der Waals surface area contributed by atoms with Crippen LogP contribution in [0.5, 0.6) is 11.5 Å². The molecule has 1 fully saturated rings. The number of para-hydroxylation sites is 2. The first kappa shape index (κ1) is 15.7. The van der Waals surface area contributed by atoms with Crippen LogP contribution in [0.1, 0.15) is 46.5 Å². The largest absolute Gasteiger partial charge is 0.504 e. The van der Waals surface area contributed by atoms with E-state index < -0.39 is 6.09 Å². The fourth-order valence-electron chi connectivity index (χ4n) is 3.49. The van der Waals surface area contributed by atoms with E-state index in [9.17, 15) is 9.90 Å². The van der Waals surface area contributed by atoms with Crippen LogP contribution in [0.2, 0.25) is 0 Å². The summed E-state index contributed by atoms with van der Waals surface area (Å²) in [6.07, 6.45) is 3.94. The van der Waals surface area contributed by atoms with Gasteiger partial charge in [0.15, 0.2) is 11.5 Å². The standard InChI is InChI=1S/C17H25NO3/c1-12(2)13-8-6-7-11-17(13,3)18-16(20)21-15-10-5-4-9-14(15)19/h4-5,9-10,12-13,19H,6-8,11H2,1-3H3,(H,18,20)/t13-,17?/m0/s1. The van der Waals surface area contributed by atoms with E-state index in [0.29, 0.717) is 11.8 Å². The zero-order valence-electron chi connectivity index (χ0n) is 13.1. The summed E-state index contributed by atoms with van der Waals surface area (Å²) < 4.78 is 5.24. The van der Waals surface area contributed by atoms with Crippen molar-refractivity contribution in [2.75, 3.05) is 0 Å². The molecule has 1 saturated carbocycles. The average molecular weight is 291 g/mol. The van der Waals surface area contributed by atoms with E-state index in [1.165, 1.54) is 12.5 Å². The summed E-state index contributed by atoms with van der Waals surface area (Å²) in [6, 6.07) is 6.50. The molecule has 21 heavy (non-hydrogen) atoms. The summed E-state index contributed by atoms with van der Waals surface area (Å²) in [4.78, 5) is 12.2. The fourth-order valence-corrected chi connectivity index (χ4v) is 3.49. The van der Waals surface area contributed by atoms with Crippen molar-refractivity contribution in [2.45, 2.75) is 52.0 Å². The molecule has 1 unspecified atom stereocenters. The second-order valence-corrected chi connectivity index (χ2v) is 6.50. The van der Waals surface area contributed by atoms with Crippen LogP contribution in [0.15, 0.2) is 24.3 Å². The minimum absolute atomic E-state index is 0.0261. The van der Waals surface area contributed by atoms with E-state index >= 15 is 0 Å². The lowest BCUT2D eigenvalue weighted by molar-refractivity contribution is 0.110. The van der Waals surface area contributed by atoms with Gasteiger partial charge in [-0.1, -0.05) is 38.8 Å². The quantitative estimate of drug-likeness (QED) is 0.882. The SMILES string of the molecule is CC(C)[C@@H]1CCCCC1(C)NC(=O)Oc1ccccc1O. The molecule has 1 aromatic rings. The van der Waals surface area contributed by atoms with E-state index in [1.54, 1.807) is 18.2 Å².